The van der Waals surface area contributed by atoms with Crippen molar-refractivity contribution in [3.63, 3.8) is 0 Å². The molecule has 1 aliphatic heterocycles. The molecule has 15 heavy (non-hydrogen) atoms. The number of rotatable bonds is 4. The van der Waals surface area contributed by atoms with Crippen LogP contribution in [0.3, 0.4) is 0 Å². The molecule has 0 unspecified atom stereocenters. The summed E-state index contributed by atoms with van der Waals surface area (Å²) in [6.45, 7) is 2.55. The number of nitrogens with zero attached hydrogens (tertiary/aromatic N) is 1. The Bertz CT molecular complexity index is 225. The summed E-state index contributed by atoms with van der Waals surface area (Å²) < 4.78 is 0. The van der Waals surface area contributed by atoms with Crippen LogP contribution in [0.2, 0.25) is 0 Å². The van der Waals surface area contributed by atoms with Gasteiger partial charge in [-0.15, -0.1) is 0 Å². The van der Waals surface area contributed by atoms with Gasteiger partial charge in [0.2, 0.25) is 5.91 Å². The number of carbonyl (C=O) groups excluding carboxylic acids is 1. The smallest absolute Gasteiger partial charge is 0.426 e. The van der Waals surface area contributed by atoms with Crippen LogP contribution in [-0.4, -0.2) is 46.5 Å². The fraction of sp³-hybridized carbons (Fsp3) is 0.889. The summed E-state index contributed by atoms with van der Waals surface area (Å²) in [4.78, 5) is 13.3. The molecule has 1 saturated heterocycles. The van der Waals surface area contributed by atoms with E-state index in [1.807, 2.05) is 6.92 Å². The molecular formula is C9H19BN2O3. The summed E-state index contributed by atoms with van der Waals surface area (Å²) in [5.41, 5.74) is 5.72. The van der Waals surface area contributed by atoms with Gasteiger partial charge < -0.3 is 20.7 Å². The molecule has 4 N–H and O–H groups in total. The molecule has 1 rings (SSSR count). The quantitative estimate of drug-likeness (QED) is 0.530. The van der Waals surface area contributed by atoms with Crippen molar-refractivity contribution in [2.75, 3.05) is 6.54 Å². The second kappa shape index (κ2) is 5.49. The van der Waals surface area contributed by atoms with Crippen molar-refractivity contribution in [2.24, 2.45) is 5.73 Å². The first-order valence-corrected chi connectivity index (χ1v) is 5.50. The Hall–Kier alpha value is -0.585. The van der Waals surface area contributed by atoms with Crippen molar-refractivity contribution >= 4 is 13.0 Å². The van der Waals surface area contributed by atoms with E-state index >= 15 is 0 Å². The molecule has 0 spiro atoms. The van der Waals surface area contributed by atoms with Crippen molar-refractivity contribution in [2.45, 2.75) is 44.6 Å². The zero-order valence-corrected chi connectivity index (χ0v) is 9.09. The third kappa shape index (κ3) is 2.93. The highest BCUT2D eigenvalue weighted by Crippen LogP contribution is 2.19. The minimum absolute atomic E-state index is 0.160. The highest BCUT2D eigenvalue weighted by Gasteiger charge is 2.38. The minimum Gasteiger partial charge on any atom is -0.426 e. The van der Waals surface area contributed by atoms with Crippen LogP contribution >= 0.6 is 0 Å². The Morgan fingerprint density at radius 3 is 2.87 bits per heavy atom. The van der Waals surface area contributed by atoms with E-state index in [9.17, 15) is 4.79 Å². The van der Waals surface area contributed by atoms with Gasteiger partial charge in [-0.05, 0) is 19.3 Å². The van der Waals surface area contributed by atoms with Gasteiger partial charge in [-0.1, -0.05) is 13.3 Å². The third-order valence-electron chi connectivity index (χ3n) is 2.84. The molecule has 1 heterocycles. The first-order valence-electron chi connectivity index (χ1n) is 5.50. The average molecular weight is 214 g/mol. The summed E-state index contributed by atoms with van der Waals surface area (Å²) in [5.74, 6) is -0.632. The fourth-order valence-electron chi connectivity index (χ4n) is 2.02. The highest BCUT2D eigenvalue weighted by molar-refractivity contribution is 6.43. The van der Waals surface area contributed by atoms with E-state index in [1.54, 1.807) is 0 Å². The lowest BCUT2D eigenvalue weighted by atomic mass is 9.77. The van der Waals surface area contributed by atoms with Crippen LogP contribution in [0.5, 0.6) is 0 Å². The topological polar surface area (TPSA) is 86.8 Å². The van der Waals surface area contributed by atoms with Gasteiger partial charge in [0.1, 0.15) is 0 Å². The average Bonchev–Trinajstić information content (AvgIpc) is 2.65. The van der Waals surface area contributed by atoms with Crippen LogP contribution in [0.1, 0.15) is 32.6 Å². The van der Waals surface area contributed by atoms with Crippen molar-refractivity contribution in [3.8, 4) is 0 Å². The molecule has 0 aromatic carbocycles. The molecule has 0 bridgehead atoms. The highest BCUT2D eigenvalue weighted by atomic mass is 16.4. The maximum atomic E-state index is 11.8. The number of hydrogen-bond donors (Lipinski definition) is 3. The lowest BCUT2D eigenvalue weighted by Gasteiger charge is -2.26. The minimum atomic E-state index is -1.45. The molecule has 0 saturated carbocycles. The summed E-state index contributed by atoms with van der Waals surface area (Å²) >= 11 is 0. The second-order valence-electron chi connectivity index (χ2n) is 4.05. The number of hydrogen-bond acceptors (Lipinski definition) is 4. The van der Waals surface area contributed by atoms with Gasteiger partial charge in [0.15, 0.2) is 0 Å². The maximum absolute atomic E-state index is 11.8. The molecule has 86 valence electrons. The number of carbonyl (C=O) groups is 1. The van der Waals surface area contributed by atoms with E-state index in [0.717, 1.165) is 12.8 Å². The lowest BCUT2D eigenvalue weighted by Crippen LogP contribution is -2.51. The first kappa shape index (κ1) is 12.5. The predicted molar refractivity (Wildman–Crippen MR) is 57.8 cm³/mol. The molecule has 6 heteroatoms. The molecule has 0 radical (unpaired) electrons. The van der Waals surface area contributed by atoms with Crippen molar-refractivity contribution in [1.82, 2.24) is 4.90 Å². The van der Waals surface area contributed by atoms with Crippen molar-refractivity contribution in [1.29, 1.82) is 0 Å². The van der Waals surface area contributed by atoms with Gasteiger partial charge in [-0.3, -0.25) is 4.79 Å². The Labute approximate surface area is 90.4 Å². The van der Waals surface area contributed by atoms with Crippen LogP contribution in [0, 0.1) is 0 Å². The monoisotopic (exact) mass is 214 g/mol. The first-order chi connectivity index (χ1) is 7.07. The summed E-state index contributed by atoms with van der Waals surface area (Å²) in [7, 11) is -1.45. The maximum Gasteiger partial charge on any atom is 0.475 e. The van der Waals surface area contributed by atoms with Gasteiger partial charge in [-0.25, -0.2) is 0 Å². The number of nitrogens with two attached hydrogens (primary N) is 1. The lowest BCUT2D eigenvalue weighted by molar-refractivity contribution is -0.132. The largest absolute Gasteiger partial charge is 0.475 e. The van der Waals surface area contributed by atoms with Gasteiger partial charge in [0.25, 0.3) is 0 Å². The normalized spacial score (nSPS) is 22.9. The molecule has 2 atom stereocenters. The molecule has 0 aromatic heterocycles. The molecular weight excluding hydrogens is 195 g/mol. The Balaban J connectivity index is 2.58. The van der Waals surface area contributed by atoms with Crippen LogP contribution in [-0.2, 0) is 4.79 Å². The molecule has 1 amide bonds. The third-order valence-corrected chi connectivity index (χ3v) is 2.84. The number of amides is 1. The van der Waals surface area contributed by atoms with Gasteiger partial charge in [-0.2, -0.15) is 0 Å². The molecule has 5 nitrogen and oxygen atoms in total. The van der Waals surface area contributed by atoms with E-state index in [1.165, 1.54) is 4.90 Å². The van der Waals surface area contributed by atoms with E-state index in [2.05, 4.69) is 0 Å². The predicted octanol–water partition coefficient (Wildman–Crippen LogP) is -0.883. The van der Waals surface area contributed by atoms with E-state index in [4.69, 9.17) is 15.8 Å². The summed E-state index contributed by atoms with van der Waals surface area (Å²) in [6.07, 6.45) is 2.95. The van der Waals surface area contributed by atoms with E-state index in [0.29, 0.717) is 19.4 Å². The molecule has 0 aliphatic carbocycles. The van der Waals surface area contributed by atoms with Gasteiger partial charge >= 0.3 is 7.12 Å². The summed E-state index contributed by atoms with van der Waals surface area (Å²) in [6, 6.07) is -0.505. The zero-order chi connectivity index (χ0) is 11.4. The van der Waals surface area contributed by atoms with Crippen molar-refractivity contribution in [3.05, 3.63) is 0 Å². The standard InChI is InChI=1S/C9H19BN2O3/c1-2-4-7(11)9(13)12-6-3-5-8(12)10(14)15/h7-8,14-15H,2-6,11H2,1H3/t7-,8-/m0/s1. The Morgan fingerprint density at radius 2 is 2.33 bits per heavy atom. The van der Waals surface area contributed by atoms with Crippen molar-refractivity contribution < 1.29 is 14.8 Å². The van der Waals surface area contributed by atoms with Crippen LogP contribution < -0.4 is 5.73 Å². The Morgan fingerprint density at radius 1 is 1.67 bits per heavy atom. The van der Waals surface area contributed by atoms with Crippen LogP contribution in [0.15, 0.2) is 0 Å². The van der Waals surface area contributed by atoms with Crippen LogP contribution in [0.25, 0.3) is 0 Å². The second-order valence-corrected chi connectivity index (χ2v) is 4.05. The zero-order valence-electron chi connectivity index (χ0n) is 9.09. The Kier molecular flexibility index (Phi) is 4.57. The van der Waals surface area contributed by atoms with E-state index < -0.39 is 19.1 Å². The molecule has 1 fully saturated rings. The van der Waals surface area contributed by atoms with Gasteiger partial charge in [0.05, 0.1) is 12.0 Å². The SMILES string of the molecule is CCC[C@H](N)C(=O)N1CCC[C@H]1B(O)O. The van der Waals surface area contributed by atoms with E-state index in [-0.39, 0.29) is 5.91 Å². The van der Waals surface area contributed by atoms with Gasteiger partial charge in [0, 0.05) is 6.54 Å². The molecule has 0 aromatic rings. The number of likely N-dealkylation sites (tertiary alicyclic amines) is 1. The summed E-state index contributed by atoms with van der Waals surface area (Å²) in [5, 5.41) is 18.2. The van der Waals surface area contributed by atoms with Crippen LogP contribution in [0.4, 0.5) is 0 Å². The molecule has 1 aliphatic rings. The fourth-order valence-corrected chi connectivity index (χ4v) is 2.02.